The maximum Gasteiger partial charge on any atom is 0.408 e. The molecule has 35 heavy (non-hydrogen) atoms. The minimum absolute atomic E-state index is 0.0683. The van der Waals surface area contributed by atoms with Gasteiger partial charge in [0.2, 0.25) is 5.91 Å². The van der Waals surface area contributed by atoms with Crippen LogP contribution in [0.25, 0.3) is 10.9 Å². The molecular formula is C27H26N4O4. The summed E-state index contributed by atoms with van der Waals surface area (Å²) >= 11 is 0. The Bertz CT molecular complexity index is 1360. The third kappa shape index (κ3) is 6.32. The molecule has 1 heterocycles. The van der Waals surface area contributed by atoms with Crippen molar-refractivity contribution in [2.75, 3.05) is 0 Å². The number of amides is 2. The van der Waals surface area contributed by atoms with Gasteiger partial charge in [-0.25, -0.2) is 9.78 Å². The first-order valence-corrected chi connectivity index (χ1v) is 11.3. The van der Waals surface area contributed by atoms with E-state index in [1.807, 2.05) is 60.7 Å². The van der Waals surface area contributed by atoms with Crippen LogP contribution in [-0.4, -0.2) is 32.9 Å². The molecule has 4 rings (SSSR count). The van der Waals surface area contributed by atoms with Crippen LogP contribution < -0.4 is 10.9 Å². The van der Waals surface area contributed by atoms with Gasteiger partial charge in [0.1, 0.15) is 18.5 Å². The summed E-state index contributed by atoms with van der Waals surface area (Å²) in [4.78, 5) is 47.0. The quantitative estimate of drug-likeness (QED) is 0.408. The van der Waals surface area contributed by atoms with Gasteiger partial charge in [0, 0.05) is 6.54 Å². The third-order valence-electron chi connectivity index (χ3n) is 5.45. The number of nitrogens with zero attached hydrogens (tertiary/aromatic N) is 2. The molecular weight excluding hydrogens is 444 g/mol. The lowest BCUT2D eigenvalue weighted by atomic mass is 10.2. The summed E-state index contributed by atoms with van der Waals surface area (Å²) in [5, 5.41) is 3.08. The van der Waals surface area contributed by atoms with Crippen molar-refractivity contribution in [1.29, 1.82) is 0 Å². The van der Waals surface area contributed by atoms with Crippen molar-refractivity contribution >= 4 is 22.9 Å². The molecule has 4 aromatic rings. The molecule has 1 aromatic heterocycles. The fourth-order valence-corrected chi connectivity index (χ4v) is 3.68. The number of para-hydroxylation sites is 1. The molecule has 3 aromatic carbocycles. The molecule has 2 N–H and O–H groups in total. The minimum atomic E-state index is -0.853. The second kappa shape index (κ2) is 11.1. The highest BCUT2D eigenvalue weighted by molar-refractivity contribution is 5.85. The first-order chi connectivity index (χ1) is 17.0. The molecule has 8 nitrogen and oxygen atoms in total. The number of rotatable bonds is 8. The molecule has 1 atom stereocenters. The maximum atomic E-state index is 13.3. The van der Waals surface area contributed by atoms with E-state index in [4.69, 9.17) is 4.74 Å². The summed E-state index contributed by atoms with van der Waals surface area (Å²) in [6.07, 6.45) is -0.688. The predicted octanol–water partition coefficient (Wildman–Crippen LogP) is 3.77. The average molecular weight is 471 g/mol. The number of aromatic nitrogens is 2. The Hall–Kier alpha value is -4.46. The number of hydrogen-bond acceptors (Lipinski definition) is 5. The summed E-state index contributed by atoms with van der Waals surface area (Å²) in [6.45, 7) is 2.05. The van der Waals surface area contributed by atoms with Crippen molar-refractivity contribution in [1.82, 2.24) is 20.2 Å². The highest BCUT2D eigenvalue weighted by Crippen LogP contribution is 2.12. The Kier molecular flexibility index (Phi) is 7.52. The number of carbonyl (C=O) groups is 2. The van der Waals surface area contributed by atoms with Crippen LogP contribution in [0.1, 0.15) is 23.9 Å². The molecule has 178 valence electrons. The normalized spacial score (nSPS) is 11.6. The van der Waals surface area contributed by atoms with Gasteiger partial charge in [-0.15, -0.1) is 0 Å². The number of benzene rings is 3. The van der Waals surface area contributed by atoms with E-state index in [0.29, 0.717) is 16.7 Å². The van der Waals surface area contributed by atoms with Crippen molar-refractivity contribution in [3.8, 4) is 0 Å². The lowest BCUT2D eigenvalue weighted by Gasteiger charge is -2.26. The molecule has 0 unspecified atom stereocenters. The van der Waals surface area contributed by atoms with E-state index in [1.54, 1.807) is 36.1 Å². The van der Waals surface area contributed by atoms with E-state index in [0.717, 1.165) is 11.1 Å². The molecule has 0 aliphatic carbocycles. The maximum absolute atomic E-state index is 13.3. The lowest BCUT2D eigenvalue weighted by Crippen LogP contribution is -2.46. The Morgan fingerprint density at radius 2 is 1.54 bits per heavy atom. The van der Waals surface area contributed by atoms with Gasteiger partial charge in [-0.2, -0.15) is 0 Å². The van der Waals surface area contributed by atoms with Gasteiger partial charge < -0.3 is 19.9 Å². The molecule has 0 bridgehead atoms. The average Bonchev–Trinajstić information content (AvgIpc) is 2.88. The van der Waals surface area contributed by atoms with E-state index in [1.165, 1.54) is 0 Å². The van der Waals surface area contributed by atoms with E-state index in [-0.39, 0.29) is 31.2 Å². The second-order valence-corrected chi connectivity index (χ2v) is 8.14. The van der Waals surface area contributed by atoms with Gasteiger partial charge in [0.05, 0.1) is 17.4 Å². The molecule has 8 heteroatoms. The summed E-state index contributed by atoms with van der Waals surface area (Å²) in [7, 11) is 0. The summed E-state index contributed by atoms with van der Waals surface area (Å²) in [5.74, 6) is 0.0261. The smallest absolute Gasteiger partial charge is 0.408 e. The number of H-pyrrole nitrogens is 1. The first kappa shape index (κ1) is 23.7. The van der Waals surface area contributed by atoms with Gasteiger partial charge in [0.15, 0.2) is 0 Å². The first-order valence-electron chi connectivity index (χ1n) is 11.3. The molecule has 0 spiro atoms. The standard InChI is InChI=1S/C27H26N4O4/c1-19(28-27(34)35-18-21-12-6-3-7-13-21)26(33)31(16-20-10-4-2-5-11-20)17-24-29-23-15-9-8-14-22(23)25(32)30-24/h2-15,19H,16-18H2,1H3,(H,28,34)(H,29,30,32)/t19-/m0/s1. The van der Waals surface area contributed by atoms with Gasteiger partial charge in [-0.1, -0.05) is 72.8 Å². The number of nitrogens with one attached hydrogen (secondary N) is 2. The highest BCUT2D eigenvalue weighted by atomic mass is 16.5. The lowest BCUT2D eigenvalue weighted by molar-refractivity contribution is -0.134. The van der Waals surface area contributed by atoms with Gasteiger partial charge in [0.25, 0.3) is 5.56 Å². The minimum Gasteiger partial charge on any atom is -0.445 e. The Morgan fingerprint density at radius 1 is 0.914 bits per heavy atom. The van der Waals surface area contributed by atoms with Crippen LogP contribution in [0.15, 0.2) is 89.7 Å². The fourth-order valence-electron chi connectivity index (χ4n) is 3.68. The van der Waals surface area contributed by atoms with Crippen molar-refractivity contribution in [2.45, 2.75) is 32.7 Å². The number of alkyl carbamates (subject to hydrolysis) is 1. The zero-order valence-electron chi connectivity index (χ0n) is 19.3. The van der Waals surface area contributed by atoms with Crippen molar-refractivity contribution in [3.05, 3.63) is 112 Å². The number of fused-ring (bicyclic) bond motifs is 1. The van der Waals surface area contributed by atoms with Crippen molar-refractivity contribution in [2.24, 2.45) is 0 Å². The summed E-state index contributed by atoms with van der Waals surface area (Å²) in [5.41, 5.74) is 2.03. The SMILES string of the molecule is C[C@H](NC(=O)OCc1ccccc1)C(=O)N(Cc1ccccc1)Cc1nc2ccccc2c(=O)[nH]1. The third-order valence-corrected chi connectivity index (χ3v) is 5.45. The predicted molar refractivity (Wildman–Crippen MR) is 132 cm³/mol. The molecule has 2 amide bonds. The Balaban J connectivity index is 1.49. The topological polar surface area (TPSA) is 104 Å². The second-order valence-electron chi connectivity index (χ2n) is 8.14. The molecule has 0 saturated carbocycles. The van der Waals surface area contributed by atoms with E-state index in [2.05, 4.69) is 15.3 Å². The summed E-state index contributed by atoms with van der Waals surface area (Å²) < 4.78 is 5.25. The molecule has 0 saturated heterocycles. The monoisotopic (exact) mass is 470 g/mol. The van der Waals surface area contributed by atoms with Crippen molar-refractivity contribution < 1.29 is 14.3 Å². The van der Waals surface area contributed by atoms with Gasteiger partial charge in [-0.05, 0) is 30.2 Å². The molecule has 0 aliphatic heterocycles. The number of ether oxygens (including phenoxy) is 1. The fraction of sp³-hybridized carbons (Fsp3) is 0.185. The number of carbonyl (C=O) groups excluding carboxylic acids is 2. The van der Waals surface area contributed by atoms with Gasteiger partial charge >= 0.3 is 6.09 Å². The van der Waals surface area contributed by atoms with E-state index < -0.39 is 12.1 Å². The molecule has 0 radical (unpaired) electrons. The van der Waals surface area contributed by atoms with Crippen LogP contribution in [0, 0.1) is 0 Å². The molecule has 0 fully saturated rings. The number of aromatic amines is 1. The summed E-state index contributed by atoms with van der Waals surface area (Å²) in [6, 6.07) is 24.9. The van der Waals surface area contributed by atoms with E-state index in [9.17, 15) is 14.4 Å². The van der Waals surface area contributed by atoms with E-state index >= 15 is 0 Å². The highest BCUT2D eigenvalue weighted by Gasteiger charge is 2.24. The zero-order valence-corrected chi connectivity index (χ0v) is 19.3. The van der Waals surface area contributed by atoms with Crippen LogP contribution >= 0.6 is 0 Å². The van der Waals surface area contributed by atoms with Crippen LogP contribution in [0.5, 0.6) is 0 Å². The molecule has 0 aliphatic rings. The van der Waals surface area contributed by atoms with Crippen LogP contribution in [-0.2, 0) is 29.2 Å². The Labute approximate surface area is 202 Å². The number of hydrogen-bond donors (Lipinski definition) is 2. The van der Waals surface area contributed by atoms with Crippen LogP contribution in [0.4, 0.5) is 4.79 Å². The zero-order chi connectivity index (χ0) is 24.6. The van der Waals surface area contributed by atoms with Crippen LogP contribution in [0.3, 0.4) is 0 Å². The Morgan fingerprint density at radius 3 is 2.26 bits per heavy atom. The van der Waals surface area contributed by atoms with Gasteiger partial charge in [-0.3, -0.25) is 9.59 Å². The largest absolute Gasteiger partial charge is 0.445 e. The van der Waals surface area contributed by atoms with Crippen molar-refractivity contribution in [3.63, 3.8) is 0 Å². The van der Waals surface area contributed by atoms with Crippen LogP contribution in [0.2, 0.25) is 0 Å².